The first-order valence-electron chi connectivity index (χ1n) is 4.90. The van der Waals surface area contributed by atoms with Crippen molar-refractivity contribution in [2.24, 2.45) is 5.73 Å². The van der Waals surface area contributed by atoms with E-state index in [1.54, 1.807) is 5.10 Å². The van der Waals surface area contributed by atoms with Crippen LogP contribution in [-0.2, 0) is 11.0 Å². The van der Waals surface area contributed by atoms with Crippen LogP contribution in [0.2, 0.25) is 0 Å². The van der Waals surface area contributed by atoms with Crippen LogP contribution in [0.3, 0.4) is 0 Å². The maximum absolute atomic E-state index is 12.1. The van der Waals surface area contributed by atoms with E-state index >= 15 is 0 Å². The lowest BCUT2D eigenvalue weighted by Gasteiger charge is -2.08. The monoisotopic (exact) mass is 287 g/mol. The predicted octanol–water partition coefficient (Wildman–Crippen LogP) is 1.31. The molecule has 0 aliphatic heterocycles. The zero-order valence-electron chi connectivity index (χ0n) is 9.41. The van der Waals surface area contributed by atoms with Crippen molar-refractivity contribution in [2.75, 3.05) is 5.32 Å². The average Bonchev–Trinajstić information content (AvgIpc) is 2.66. The number of hydrogen-bond donors (Lipinski definition) is 3. The van der Waals surface area contributed by atoms with Gasteiger partial charge >= 0.3 is 6.18 Å². The summed E-state index contributed by atoms with van der Waals surface area (Å²) in [6.45, 7) is 1.84. The lowest BCUT2D eigenvalue weighted by molar-refractivity contribution is -0.144. The van der Waals surface area contributed by atoms with Crippen LogP contribution in [0.15, 0.2) is 0 Å². The molecule has 1 atom stereocenters. The number of amides is 1. The van der Waals surface area contributed by atoms with Crippen molar-refractivity contribution >= 4 is 24.3 Å². The smallest absolute Gasteiger partial charge is 0.320 e. The van der Waals surface area contributed by atoms with Crippen molar-refractivity contribution in [3.05, 3.63) is 5.82 Å². The molecular weight excluding hydrogens is 275 g/mol. The lowest BCUT2D eigenvalue weighted by atomic mass is 10.2. The molecule has 0 aromatic carbocycles. The standard InChI is InChI=1S/C8H12F3N5O.ClH/c1-2-3-4(12)5(17)13-7-14-6(15-16-7)8(9,10)11;/h4H,2-3,12H2,1H3,(H2,13,14,15,16,17);1H. The van der Waals surface area contributed by atoms with Crippen molar-refractivity contribution in [1.82, 2.24) is 15.2 Å². The largest absolute Gasteiger partial charge is 0.451 e. The normalized spacial score (nSPS) is 12.7. The number of anilines is 1. The number of carbonyl (C=O) groups is 1. The second kappa shape index (κ2) is 6.55. The molecule has 1 rings (SSSR count). The van der Waals surface area contributed by atoms with Gasteiger partial charge in [-0.25, -0.2) is 0 Å². The topological polar surface area (TPSA) is 96.7 Å². The lowest BCUT2D eigenvalue weighted by Crippen LogP contribution is -2.35. The van der Waals surface area contributed by atoms with Crippen molar-refractivity contribution in [3.8, 4) is 0 Å². The van der Waals surface area contributed by atoms with Gasteiger partial charge in [0.15, 0.2) is 0 Å². The molecule has 10 heteroatoms. The molecule has 1 aromatic rings. The minimum atomic E-state index is -4.62. The van der Waals surface area contributed by atoms with Gasteiger partial charge < -0.3 is 5.73 Å². The first-order valence-corrected chi connectivity index (χ1v) is 4.90. The zero-order valence-corrected chi connectivity index (χ0v) is 10.2. The van der Waals surface area contributed by atoms with E-state index in [2.05, 4.69) is 15.4 Å². The first-order chi connectivity index (χ1) is 7.84. The summed E-state index contributed by atoms with van der Waals surface area (Å²) >= 11 is 0. The Morgan fingerprint density at radius 1 is 1.56 bits per heavy atom. The van der Waals surface area contributed by atoms with Gasteiger partial charge in [-0.1, -0.05) is 13.3 Å². The fraction of sp³-hybridized carbons (Fsp3) is 0.625. The Labute approximate surface area is 107 Å². The highest BCUT2D eigenvalue weighted by Crippen LogP contribution is 2.26. The van der Waals surface area contributed by atoms with E-state index in [0.717, 1.165) is 0 Å². The minimum absolute atomic E-state index is 0. The molecule has 0 bridgehead atoms. The van der Waals surface area contributed by atoms with Crippen LogP contribution in [0.1, 0.15) is 25.6 Å². The SMILES string of the molecule is CCCC(N)C(=O)Nc1n[nH]c(C(F)(F)F)n1.Cl. The van der Waals surface area contributed by atoms with Crippen molar-refractivity contribution in [3.63, 3.8) is 0 Å². The van der Waals surface area contributed by atoms with Crippen LogP contribution in [0, 0.1) is 0 Å². The summed E-state index contributed by atoms with van der Waals surface area (Å²) in [6, 6.07) is -0.784. The summed E-state index contributed by atoms with van der Waals surface area (Å²) in [5, 5.41) is 7.00. The summed E-state index contributed by atoms with van der Waals surface area (Å²) < 4.78 is 36.4. The van der Waals surface area contributed by atoms with Crippen LogP contribution in [0.4, 0.5) is 19.1 Å². The van der Waals surface area contributed by atoms with Crippen LogP contribution < -0.4 is 11.1 Å². The summed E-state index contributed by atoms with van der Waals surface area (Å²) in [5.41, 5.74) is 5.47. The van der Waals surface area contributed by atoms with Crippen LogP contribution in [0.5, 0.6) is 0 Å². The van der Waals surface area contributed by atoms with E-state index < -0.39 is 29.9 Å². The molecule has 1 unspecified atom stereocenters. The van der Waals surface area contributed by atoms with E-state index in [-0.39, 0.29) is 12.4 Å². The van der Waals surface area contributed by atoms with Crippen molar-refractivity contribution in [2.45, 2.75) is 32.0 Å². The summed E-state index contributed by atoms with van der Waals surface area (Å²) in [5.74, 6) is -2.31. The molecule has 0 saturated carbocycles. The van der Waals surface area contributed by atoms with E-state index in [9.17, 15) is 18.0 Å². The molecule has 1 aromatic heterocycles. The molecule has 104 valence electrons. The highest BCUT2D eigenvalue weighted by atomic mass is 35.5. The van der Waals surface area contributed by atoms with E-state index in [1.165, 1.54) is 0 Å². The van der Waals surface area contributed by atoms with Crippen LogP contribution in [0.25, 0.3) is 0 Å². The minimum Gasteiger partial charge on any atom is -0.320 e. The Balaban J connectivity index is 0.00000289. The fourth-order valence-corrected chi connectivity index (χ4v) is 1.09. The maximum atomic E-state index is 12.1. The van der Waals surface area contributed by atoms with Gasteiger partial charge in [0, 0.05) is 0 Å². The van der Waals surface area contributed by atoms with Crippen molar-refractivity contribution in [1.29, 1.82) is 0 Å². The summed E-state index contributed by atoms with van der Waals surface area (Å²) in [7, 11) is 0. The van der Waals surface area contributed by atoms with Gasteiger partial charge in [0.2, 0.25) is 17.7 Å². The predicted molar refractivity (Wildman–Crippen MR) is 60.1 cm³/mol. The van der Waals surface area contributed by atoms with Gasteiger partial charge in [-0.2, -0.15) is 18.2 Å². The van der Waals surface area contributed by atoms with Crippen LogP contribution in [-0.4, -0.2) is 27.1 Å². The van der Waals surface area contributed by atoms with Gasteiger partial charge in [0.25, 0.3) is 0 Å². The van der Waals surface area contributed by atoms with Gasteiger partial charge in [-0.05, 0) is 6.42 Å². The Morgan fingerprint density at radius 3 is 2.61 bits per heavy atom. The Hall–Kier alpha value is -1.35. The number of H-pyrrole nitrogens is 1. The third-order valence-electron chi connectivity index (χ3n) is 1.93. The molecule has 0 fully saturated rings. The molecule has 1 heterocycles. The second-order valence-corrected chi connectivity index (χ2v) is 3.39. The van der Waals surface area contributed by atoms with Crippen LogP contribution >= 0.6 is 12.4 Å². The van der Waals surface area contributed by atoms with Gasteiger partial charge in [-0.15, -0.1) is 17.5 Å². The highest BCUT2D eigenvalue weighted by molar-refractivity contribution is 5.93. The van der Waals surface area contributed by atoms with E-state index in [1.807, 2.05) is 6.92 Å². The van der Waals surface area contributed by atoms with Gasteiger partial charge in [0.05, 0.1) is 6.04 Å². The Morgan fingerprint density at radius 2 is 2.17 bits per heavy atom. The number of rotatable bonds is 4. The van der Waals surface area contributed by atoms with E-state index in [4.69, 9.17) is 5.73 Å². The highest BCUT2D eigenvalue weighted by Gasteiger charge is 2.35. The molecule has 1 amide bonds. The average molecular weight is 288 g/mol. The number of nitrogens with two attached hydrogens (primary N) is 1. The molecular formula is C8H13ClF3N5O. The zero-order chi connectivity index (χ0) is 13.1. The van der Waals surface area contributed by atoms with Gasteiger partial charge in [0.1, 0.15) is 0 Å². The maximum Gasteiger partial charge on any atom is 0.451 e. The number of carbonyl (C=O) groups excluding carboxylic acids is 1. The third kappa shape index (κ3) is 4.49. The molecule has 18 heavy (non-hydrogen) atoms. The molecule has 0 aliphatic rings. The summed E-state index contributed by atoms with van der Waals surface area (Å²) in [6.07, 6.45) is -3.50. The number of aromatic nitrogens is 3. The number of nitrogens with zero attached hydrogens (tertiary/aromatic N) is 2. The second-order valence-electron chi connectivity index (χ2n) is 3.39. The fourth-order valence-electron chi connectivity index (χ4n) is 1.09. The number of halogens is 4. The molecule has 0 spiro atoms. The molecule has 0 saturated heterocycles. The Kier molecular flexibility index (Phi) is 6.06. The van der Waals surface area contributed by atoms with Gasteiger partial charge in [-0.3, -0.25) is 15.2 Å². The number of alkyl halides is 3. The quantitative estimate of drug-likeness (QED) is 0.778. The third-order valence-corrected chi connectivity index (χ3v) is 1.93. The first kappa shape index (κ1) is 16.6. The number of aromatic amines is 1. The van der Waals surface area contributed by atoms with Crippen molar-refractivity contribution < 1.29 is 18.0 Å². The molecule has 6 nitrogen and oxygen atoms in total. The number of nitrogens with one attached hydrogen (secondary N) is 2. The Bertz CT molecular complexity index is 394. The number of hydrogen-bond acceptors (Lipinski definition) is 4. The van der Waals surface area contributed by atoms with E-state index in [0.29, 0.717) is 12.8 Å². The molecule has 4 N–H and O–H groups in total. The summed E-state index contributed by atoms with van der Waals surface area (Å²) in [4.78, 5) is 14.4. The molecule has 0 aliphatic carbocycles. The molecule has 0 radical (unpaired) electrons.